The van der Waals surface area contributed by atoms with Crippen molar-refractivity contribution in [3.63, 3.8) is 0 Å². The number of nitrogens with zero attached hydrogens (tertiary/aromatic N) is 1. The lowest BCUT2D eigenvalue weighted by atomic mass is 10.1. The molecular weight excluding hydrogens is 318 g/mol. The van der Waals surface area contributed by atoms with E-state index in [1.165, 1.54) is 75.7 Å². The molecule has 0 atom stereocenters. The van der Waals surface area contributed by atoms with Crippen LogP contribution >= 0.6 is 0 Å². The van der Waals surface area contributed by atoms with Crippen LogP contribution < -0.4 is 4.74 Å². The van der Waals surface area contributed by atoms with Crippen molar-refractivity contribution in [2.45, 2.75) is 51.4 Å². The molecule has 140 valence electrons. The molecule has 0 bridgehead atoms. The third-order valence-corrected chi connectivity index (χ3v) is 5.30. The van der Waals surface area contributed by atoms with Gasteiger partial charge in [0.25, 0.3) is 0 Å². The van der Waals surface area contributed by atoms with Gasteiger partial charge in [-0.25, -0.2) is 0 Å². The van der Waals surface area contributed by atoms with Crippen LogP contribution in [0.2, 0.25) is 0 Å². The molecule has 0 aromatic heterocycles. The van der Waals surface area contributed by atoms with Crippen molar-refractivity contribution in [2.24, 2.45) is 0 Å². The van der Waals surface area contributed by atoms with Gasteiger partial charge in [0.15, 0.2) is 0 Å². The Kier molecular flexibility index (Phi) is 8.05. The standard InChI is InChI=1S/C24H33NO/c1-2-9-19-25(18-8-1)20-10-3-4-11-21-26-24-16-14-23(15-17-24)22-12-6-5-7-13-22/h5-7,12-17H,1-4,8-11,18-21H2. The van der Waals surface area contributed by atoms with Crippen LogP contribution in [0, 0.1) is 0 Å². The Morgan fingerprint density at radius 3 is 2.04 bits per heavy atom. The summed E-state index contributed by atoms with van der Waals surface area (Å²) in [6.45, 7) is 4.76. The molecule has 0 spiro atoms. The fourth-order valence-corrected chi connectivity index (χ4v) is 3.72. The number of rotatable bonds is 9. The number of ether oxygens (including phenoxy) is 1. The molecule has 0 aliphatic carbocycles. The summed E-state index contributed by atoms with van der Waals surface area (Å²) in [6, 6.07) is 18.9. The summed E-state index contributed by atoms with van der Waals surface area (Å²) in [4.78, 5) is 2.66. The van der Waals surface area contributed by atoms with Gasteiger partial charge in [0.1, 0.15) is 5.75 Å². The van der Waals surface area contributed by atoms with E-state index in [1.54, 1.807) is 0 Å². The Labute approximate surface area is 159 Å². The van der Waals surface area contributed by atoms with E-state index in [2.05, 4.69) is 59.5 Å². The summed E-state index contributed by atoms with van der Waals surface area (Å²) in [5.41, 5.74) is 2.50. The number of hydrogen-bond donors (Lipinski definition) is 0. The average Bonchev–Trinajstić information content (AvgIpc) is 2.97. The molecule has 0 radical (unpaired) electrons. The highest BCUT2D eigenvalue weighted by Gasteiger charge is 2.07. The molecule has 0 unspecified atom stereocenters. The zero-order valence-electron chi connectivity index (χ0n) is 16.0. The molecule has 2 nitrogen and oxygen atoms in total. The molecule has 0 amide bonds. The van der Waals surface area contributed by atoms with Crippen LogP contribution in [0.3, 0.4) is 0 Å². The van der Waals surface area contributed by atoms with Gasteiger partial charge < -0.3 is 9.64 Å². The first-order valence-electron chi connectivity index (χ1n) is 10.4. The smallest absolute Gasteiger partial charge is 0.119 e. The summed E-state index contributed by atoms with van der Waals surface area (Å²) in [7, 11) is 0. The Hall–Kier alpha value is -1.80. The lowest BCUT2D eigenvalue weighted by molar-refractivity contribution is 0.272. The fourth-order valence-electron chi connectivity index (χ4n) is 3.72. The Balaban J connectivity index is 1.27. The lowest BCUT2D eigenvalue weighted by Crippen LogP contribution is -2.25. The highest BCUT2D eigenvalue weighted by atomic mass is 16.5. The van der Waals surface area contributed by atoms with Crippen LogP contribution in [0.4, 0.5) is 0 Å². The lowest BCUT2D eigenvalue weighted by Gasteiger charge is -2.19. The molecule has 3 rings (SSSR count). The van der Waals surface area contributed by atoms with Gasteiger partial charge in [0.2, 0.25) is 0 Å². The molecule has 1 fully saturated rings. The van der Waals surface area contributed by atoms with E-state index in [1.807, 2.05) is 0 Å². The highest BCUT2D eigenvalue weighted by molar-refractivity contribution is 5.63. The number of hydrogen-bond acceptors (Lipinski definition) is 2. The SMILES string of the molecule is c1ccc(-c2ccc(OCCCCCCN3CCCCCC3)cc2)cc1. The minimum Gasteiger partial charge on any atom is -0.494 e. The maximum Gasteiger partial charge on any atom is 0.119 e. The zero-order chi connectivity index (χ0) is 17.9. The molecular formula is C24H33NO. The maximum atomic E-state index is 5.90. The van der Waals surface area contributed by atoms with Crippen molar-refractivity contribution < 1.29 is 4.74 Å². The second-order valence-corrected chi connectivity index (χ2v) is 7.41. The molecule has 0 saturated carbocycles. The van der Waals surface area contributed by atoms with Gasteiger partial charge in [-0.3, -0.25) is 0 Å². The largest absolute Gasteiger partial charge is 0.494 e. The molecule has 26 heavy (non-hydrogen) atoms. The van der Waals surface area contributed by atoms with Crippen molar-refractivity contribution in [3.8, 4) is 16.9 Å². The van der Waals surface area contributed by atoms with E-state index >= 15 is 0 Å². The summed E-state index contributed by atoms with van der Waals surface area (Å²) < 4.78 is 5.90. The number of likely N-dealkylation sites (tertiary alicyclic amines) is 1. The third kappa shape index (κ3) is 6.49. The zero-order valence-corrected chi connectivity index (χ0v) is 16.0. The van der Waals surface area contributed by atoms with Crippen molar-refractivity contribution in [1.29, 1.82) is 0 Å². The first-order valence-corrected chi connectivity index (χ1v) is 10.4. The van der Waals surface area contributed by atoms with Gasteiger partial charge in [-0.15, -0.1) is 0 Å². The first kappa shape index (κ1) is 19.0. The first-order chi connectivity index (χ1) is 12.9. The normalized spacial score (nSPS) is 15.5. The Morgan fingerprint density at radius 1 is 0.654 bits per heavy atom. The monoisotopic (exact) mass is 351 g/mol. The summed E-state index contributed by atoms with van der Waals surface area (Å²) in [5, 5.41) is 0. The third-order valence-electron chi connectivity index (χ3n) is 5.30. The van der Waals surface area contributed by atoms with E-state index in [0.717, 1.165) is 18.8 Å². The van der Waals surface area contributed by atoms with Crippen LogP contribution in [-0.2, 0) is 0 Å². The molecule has 1 aliphatic heterocycles. The molecule has 0 N–H and O–H groups in total. The summed E-state index contributed by atoms with van der Waals surface area (Å²) in [6.07, 6.45) is 10.8. The fraction of sp³-hybridized carbons (Fsp3) is 0.500. The summed E-state index contributed by atoms with van der Waals surface area (Å²) in [5.74, 6) is 0.981. The maximum absolute atomic E-state index is 5.90. The number of benzene rings is 2. The van der Waals surface area contributed by atoms with Gasteiger partial charge in [0, 0.05) is 0 Å². The minimum absolute atomic E-state index is 0.828. The molecule has 1 heterocycles. The Bertz CT molecular complexity index is 600. The van der Waals surface area contributed by atoms with E-state index < -0.39 is 0 Å². The predicted octanol–water partition coefficient (Wildman–Crippen LogP) is 6.17. The van der Waals surface area contributed by atoms with Crippen molar-refractivity contribution >= 4 is 0 Å². The van der Waals surface area contributed by atoms with E-state index in [-0.39, 0.29) is 0 Å². The second kappa shape index (κ2) is 11.0. The molecule has 2 aromatic carbocycles. The number of unbranched alkanes of at least 4 members (excludes halogenated alkanes) is 3. The van der Waals surface area contributed by atoms with E-state index in [4.69, 9.17) is 4.74 Å². The van der Waals surface area contributed by atoms with Crippen LogP contribution in [0.5, 0.6) is 5.75 Å². The van der Waals surface area contributed by atoms with Crippen molar-refractivity contribution in [2.75, 3.05) is 26.2 Å². The van der Waals surface area contributed by atoms with Gasteiger partial charge in [-0.2, -0.15) is 0 Å². The second-order valence-electron chi connectivity index (χ2n) is 7.41. The quantitative estimate of drug-likeness (QED) is 0.501. The van der Waals surface area contributed by atoms with Gasteiger partial charge in [-0.1, -0.05) is 68.1 Å². The van der Waals surface area contributed by atoms with Crippen molar-refractivity contribution in [3.05, 3.63) is 54.6 Å². The topological polar surface area (TPSA) is 12.5 Å². The van der Waals surface area contributed by atoms with Gasteiger partial charge in [-0.05, 0) is 68.6 Å². The van der Waals surface area contributed by atoms with Crippen LogP contribution in [0.15, 0.2) is 54.6 Å². The Morgan fingerprint density at radius 2 is 1.31 bits per heavy atom. The van der Waals surface area contributed by atoms with Gasteiger partial charge in [0.05, 0.1) is 6.61 Å². The van der Waals surface area contributed by atoms with Crippen LogP contribution in [-0.4, -0.2) is 31.1 Å². The average molecular weight is 352 g/mol. The molecule has 2 aromatic rings. The predicted molar refractivity (Wildman–Crippen MR) is 111 cm³/mol. The van der Waals surface area contributed by atoms with E-state index in [0.29, 0.717) is 0 Å². The van der Waals surface area contributed by atoms with Crippen LogP contribution in [0.1, 0.15) is 51.4 Å². The van der Waals surface area contributed by atoms with Gasteiger partial charge >= 0.3 is 0 Å². The highest BCUT2D eigenvalue weighted by Crippen LogP contribution is 2.22. The summed E-state index contributed by atoms with van der Waals surface area (Å²) >= 11 is 0. The molecule has 2 heteroatoms. The molecule has 1 aliphatic rings. The van der Waals surface area contributed by atoms with Crippen LogP contribution in [0.25, 0.3) is 11.1 Å². The van der Waals surface area contributed by atoms with E-state index in [9.17, 15) is 0 Å². The molecule has 1 saturated heterocycles. The minimum atomic E-state index is 0.828. The van der Waals surface area contributed by atoms with Crippen molar-refractivity contribution in [1.82, 2.24) is 4.90 Å².